The van der Waals surface area contributed by atoms with Crippen molar-refractivity contribution in [2.24, 2.45) is 0 Å². The van der Waals surface area contributed by atoms with Gasteiger partial charge in [-0.3, -0.25) is 4.39 Å². The van der Waals surface area contributed by atoms with Crippen LogP contribution in [0.15, 0.2) is 61.2 Å². The third-order valence-electron chi connectivity index (χ3n) is 5.41. The first-order valence-corrected chi connectivity index (χ1v) is 11.0. The maximum absolute atomic E-state index is 14.4. The Balaban J connectivity index is 0.00000101. The molecule has 184 valence electrons. The lowest BCUT2D eigenvalue weighted by molar-refractivity contribution is -0.122. The van der Waals surface area contributed by atoms with Crippen molar-refractivity contribution >= 4 is 11.6 Å². The van der Waals surface area contributed by atoms with Crippen LogP contribution in [0.2, 0.25) is 5.02 Å². The second-order valence-electron chi connectivity index (χ2n) is 7.75. The standard InChI is InChI=1S/C21H23ClF3NO2.C3H6.CH3F/c22-17-5-3-16(4-6-17)20(28)9-12-26(13-10-20)14-11-21(24,25)19(27)15-1-7-18(23)8-2-15;1-3-2;1-2/h1-8,19,27-28H,9-14H2;3H,1H2,2H3;1H3. The summed E-state index contributed by atoms with van der Waals surface area (Å²) in [5.41, 5.74) is -0.229. The number of hydrogen-bond donors (Lipinski definition) is 2. The van der Waals surface area contributed by atoms with Gasteiger partial charge in [0.25, 0.3) is 5.92 Å². The van der Waals surface area contributed by atoms with Crippen LogP contribution in [0.4, 0.5) is 17.6 Å². The Hall–Kier alpha value is -1.93. The number of hydrogen-bond acceptors (Lipinski definition) is 3. The molecule has 0 spiro atoms. The normalized spacial score (nSPS) is 16.5. The molecule has 0 saturated carbocycles. The molecule has 1 fully saturated rings. The Bertz CT molecular complexity index is 823. The molecule has 33 heavy (non-hydrogen) atoms. The summed E-state index contributed by atoms with van der Waals surface area (Å²) >= 11 is 5.88. The molecule has 1 saturated heterocycles. The van der Waals surface area contributed by atoms with Gasteiger partial charge in [-0.2, -0.15) is 0 Å². The van der Waals surface area contributed by atoms with Gasteiger partial charge in [-0.15, -0.1) is 6.58 Å². The van der Waals surface area contributed by atoms with Crippen LogP contribution in [0.5, 0.6) is 0 Å². The van der Waals surface area contributed by atoms with Crippen LogP contribution in [0.25, 0.3) is 0 Å². The van der Waals surface area contributed by atoms with E-state index in [2.05, 4.69) is 6.58 Å². The smallest absolute Gasteiger partial charge is 0.278 e. The van der Waals surface area contributed by atoms with E-state index in [-0.39, 0.29) is 12.1 Å². The van der Waals surface area contributed by atoms with E-state index in [1.54, 1.807) is 30.3 Å². The lowest BCUT2D eigenvalue weighted by atomic mass is 9.84. The summed E-state index contributed by atoms with van der Waals surface area (Å²) in [5, 5.41) is 21.4. The predicted octanol–water partition coefficient (Wildman–Crippen LogP) is 6.30. The van der Waals surface area contributed by atoms with Gasteiger partial charge in [0, 0.05) is 31.1 Å². The van der Waals surface area contributed by atoms with Crippen LogP contribution in [0, 0.1) is 5.82 Å². The molecule has 0 aliphatic carbocycles. The number of aliphatic hydroxyl groups is 2. The number of rotatable bonds is 6. The van der Waals surface area contributed by atoms with Gasteiger partial charge < -0.3 is 15.1 Å². The molecule has 8 heteroatoms. The molecule has 1 atom stereocenters. The first-order chi connectivity index (χ1) is 15.6. The average molecular weight is 490 g/mol. The maximum atomic E-state index is 14.4. The van der Waals surface area contributed by atoms with E-state index in [1.807, 2.05) is 11.8 Å². The van der Waals surface area contributed by atoms with Crippen molar-refractivity contribution in [3.63, 3.8) is 0 Å². The van der Waals surface area contributed by atoms with Gasteiger partial charge in [0.1, 0.15) is 11.9 Å². The monoisotopic (exact) mass is 489 g/mol. The highest BCUT2D eigenvalue weighted by Crippen LogP contribution is 2.36. The fourth-order valence-corrected chi connectivity index (χ4v) is 3.65. The average Bonchev–Trinajstić information content (AvgIpc) is 2.81. The van der Waals surface area contributed by atoms with Gasteiger partial charge in [-0.1, -0.05) is 41.9 Å². The topological polar surface area (TPSA) is 43.7 Å². The highest BCUT2D eigenvalue weighted by Gasteiger charge is 2.40. The number of aliphatic hydroxyl groups excluding tert-OH is 1. The van der Waals surface area contributed by atoms with Crippen molar-refractivity contribution in [3.8, 4) is 0 Å². The summed E-state index contributed by atoms with van der Waals surface area (Å²) < 4.78 is 51.2. The molecule has 1 unspecified atom stereocenters. The Morgan fingerprint density at radius 2 is 1.58 bits per heavy atom. The molecule has 2 N–H and O–H groups in total. The van der Waals surface area contributed by atoms with Crippen LogP contribution < -0.4 is 0 Å². The fourth-order valence-electron chi connectivity index (χ4n) is 3.53. The highest BCUT2D eigenvalue weighted by molar-refractivity contribution is 6.30. The van der Waals surface area contributed by atoms with E-state index in [9.17, 15) is 27.8 Å². The molecule has 1 aliphatic rings. The van der Waals surface area contributed by atoms with E-state index in [1.165, 1.54) is 12.1 Å². The van der Waals surface area contributed by atoms with Crippen LogP contribution >= 0.6 is 11.6 Å². The molecular weight excluding hydrogens is 458 g/mol. The van der Waals surface area contributed by atoms with Gasteiger partial charge in [-0.25, -0.2) is 13.2 Å². The summed E-state index contributed by atoms with van der Waals surface area (Å²) in [7, 11) is 0.500. The summed E-state index contributed by atoms with van der Waals surface area (Å²) in [6.07, 6.45) is 0.107. The SMILES string of the molecule is C=CC.CF.OC(c1ccc(F)cc1)C(F)(F)CCN1CCC(O)(c2ccc(Cl)cc2)CC1. The Kier molecular flexibility index (Phi) is 12.1. The molecule has 0 amide bonds. The predicted molar refractivity (Wildman–Crippen MR) is 125 cm³/mol. The molecule has 2 aromatic carbocycles. The number of nitrogens with zero attached hydrogens (tertiary/aromatic N) is 1. The number of alkyl halides is 3. The largest absolute Gasteiger partial charge is 0.385 e. The van der Waals surface area contributed by atoms with Crippen molar-refractivity contribution < 1.29 is 27.8 Å². The highest BCUT2D eigenvalue weighted by atomic mass is 35.5. The van der Waals surface area contributed by atoms with Crippen LogP contribution in [0.3, 0.4) is 0 Å². The number of halogens is 5. The zero-order chi connectivity index (χ0) is 25.1. The minimum atomic E-state index is -3.33. The number of piperidine rings is 1. The van der Waals surface area contributed by atoms with Crippen molar-refractivity contribution in [2.75, 3.05) is 26.8 Å². The summed E-state index contributed by atoms with van der Waals surface area (Å²) in [6.45, 7) is 6.30. The van der Waals surface area contributed by atoms with Crippen LogP contribution in [0.1, 0.15) is 43.4 Å². The third-order valence-corrected chi connectivity index (χ3v) is 5.66. The van der Waals surface area contributed by atoms with E-state index in [4.69, 9.17) is 11.6 Å². The number of benzene rings is 2. The zero-order valence-corrected chi connectivity index (χ0v) is 19.7. The maximum Gasteiger partial charge on any atom is 0.278 e. The molecule has 0 bridgehead atoms. The molecule has 2 aromatic rings. The van der Waals surface area contributed by atoms with Crippen molar-refractivity contribution in [1.82, 2.24) is 4.90 Å². The molecular formula is C25H32ClF4NO2. The summed E-state index contributed by atoms with van der Waals surface area (Å²) in [4.78, 5) is 1.86. The quantitative estimate of drug-likeness (QED) is 0.369. The van der Waals surface area contributed by atoms with E-state index in [0.717, 1.165) is 17.7 Å². The molecule has 3 rings (SSSR count). The van der Waals surface area contributed by atoms with Gasteiger partial charge in [-0.05, 0) is 55.2 Å². The van der Waals surface area contributed by atoms with E-state index < -0.39 is 29.9 Å². The number of allylic oxidation sites excluding steroid dienone is 1. The van der Waals surface area contributed by atoms with E-state index >= 15 is 0 Å². The Morgan fingerprint density at radius 1 is 1.09 bits per heavy atom. The Morgan fingerprint density at radius 3 is 2.06 bits per heavy atom. The third kappa shape index (κ3) is 8.74. The van der Waals surface area contributed by atoms with Crippen molar-refractivity contribution in [1.29, 1.82) is 0 Å². The molecule has 1 heterocycles. The molecule has 1 aliphatic heterocycles. The lowest BCUT2D eigenvalue weighted by Crippen LogP contribution is -2.44. The molecule has 0 radical (unpaired) electrons. The second kappa shape index (κ2) is 13.7. The van der Waals surface area contributed by atoms with Gasteiger partial charge >= 0.3 is 0 Å². The fraction of sp³-hybridized carbons (Fsp3) is 0.440. The van der Waals surface area contributed by atoms with Crippen molar-refractivity contribution in [3.05, 3.63) is 83.2 Å². The van der Waals surface area contributed by atoms with Gasteiger partial charge in [0.15, 0.2) is 0 Å². The first-order valence-electron chi connectivity index (χ1n) is 10.6. The minimum absolute atomic E-state index is 0.0119. The van der Waals surface area contributed by atoms with Crippen LogP contribution in [-0.2, 0) is 5.60 Å². The first kappa shape index (κ1) is 29.1. The summed E-state index contributed by atoms with van der Waals surface area (Å²) in [5.74, 6) is -3.87. The second-order valence-corrected chi connectivity index (χ2v) is 8.19. The van der Waals surface area contributed by atoms with Crippen molar-refractivity contribution in [2.45, 2.75) is 43.8 Å². The zero-order valence-electron chi connectivity index (χ0n) is 19.0. The van der Waals surface area contributed by atoms with Gasteiger partial charge in [0.05, 0.1) is 12.8 Å². The molecule has 3 nitrogen and oxygen atoms in total. The molecule has 0 aromatic heterocycles. The number of likely N-dealkylation sites (tertiary alicyclic amines) is 1. The van der Waals surface area contributed by atoms with Crippen LogP contribution in [-0.4, -0.2) is 47.8 Å². The Labute approximate surface area is 198 Å². The van der Waals surface area contributed by atoms with Gasteiger partial charge in [0.2, 0.25) is 0 Å². The minimum Gasteiger partial charge on any atom is -0.385 e. The summed E-state index contributed by atoms with van der Waals surface area (Å²) in [6, 6.07) is 11.4. The lowest BCUT2D eigenvalue weighted by Gasteiger charge is -2.39. The van der Waals surface area contributed by atoms with E-state index in [0.29, 0.717) is 38.1 Å².